The van der Waals surface area contributed by atoms with Crippen molar-refractivity contribution in [3.05, 3.63) is 54.1 Å². The highest BCUT2D eigenvalue weighted by molar-refractivity contribution is 7.89. The van der Waals surface area contributed by atoms with Crippen LogP contribution in [-0.4, -0.2) is 55.7 Å². The maximum Gasteiger partial charge on any atom is 0.490 e. The SMILES string of the molecule is CC(C)NS(=O)(=O)c1cccc(-c2ccc(CCN3CCC[C@H]3C)cc2)c1.O=C(O)C(F)(F)F. The Morgan fingerprint density at radius 3 is 2.26 bits per heavy atom. The van der Waals surface area contributed by atoms with Crippen LogP contribution >= 0.6 is 0 Å². The molecule has 3 rings (SSSR count). The number of carbonyl (C=O) groups is 1. The van der Waals surface area contributed by atoms with Crippen LogP contribution in [0.1, 0.15) is 39.2 Å². The second kappa shape index (κ2) is 11.8. The van der Waals surface area contributed by atoms with E-state index in [-0.39, 0.29) is 6.04 Å². The number of hydrogen-bond acceptors (Lipinski definition) is 4. The number of likely N-dealkylation sites (tertiary alicyclic amines) is 1. The molecule has 0 spiro atoms. The number of aliphatic carboxylic acids is 1. The van der Waals surface area contributed by atoms with Crippen LogP contribution in [0.25, 0.3) is 11.1 Å². The van der Waals surface area contributed by atoms with Crippen molar-refractivity contribution in [3.8, 4) is 11.1 Å². The van der Waals surface area contributed by atoms with Gasteiger partial charge in [0.2, 0.25) is 10.0 Å². The Kier molecular flexibility index (Phi) is 9.66. The summed E-state index contributed by atoms with van der Waals surface area (Å²) in [5.41, 5.74) is 3.28. The fourth-order valence-electron chi connectivity index (χ4n) is 3.68. The minimum Gasteiger partial charge on any atom is -0.475 e. The van der Waals surface area contributed by atoms with Crippen LogP contribution in [0.5, 0.6) is 0 Å². The highest BCUT2D eigenvalue weighted by Gasteiger charge is 2.38. The zero-order chi connectivity index (χ0) is 25.5. The topological polar surface area (TPSA) is 86.7 Å². The highest BCUT2D eigenvalue weighted by atomic mass is 32.2. The van der Waals surface area contributed by atoms with E-state index in [1.807, 2.05) is 19.9 Å². The Hall–Kier alpha value is -2.43. The van der Waals surface area contributed by atoms with Gasteiger partial charge in [0.25, 0.3) is 0 Å². The predicted molar refractivity (Wildman–Crippen MR) is 125 cm³/mol. The molecule has 2 N–H and O–H groups in total. The molecule has 1 saturated heterocycles. The summed E-state index contributed by atoms with van der Waals surface area (Å²) >= 11 is 0. The zero-order valence-corrected chi connectivity index (χ0v) is 20.3. The number of halogens is 3. The molecule has 10 heteroatoms. The van der Waals surface area contributed by atoms with Gasteiger partial charge >= 0.3 is 12.1 Å². The van der Waals surface area contributed by atoms with Crippen molar-refractivity contribution >= 4 is 16.0 Å². The van der Waals surface area contributed by atoms with Gasteiger partial charge in [0.1, 0.15) is 0 Å². The molecular formula is C24H31F3N2O4S. The molecule has 1 heterocycles. The number of carboxylic acids is 1. The Morgan fingerprint density at radius 2 is 1.76 bits per heavy atom. The second-order valence-corrected chi connectivity index (χ2v) is 10.3. The van der Waals surface area contributed by atoms with Crippen LogP contribution in [0.3, 0.4) is 0 Å². The maximum atomic E-state index is 12.4. The molecule has 0 amide bonds. The van der Waals surface area contributed by atoms with Gasteiger partial charge in [0.15, 0.2) is 0 Å². The summed E-state index contributed by atoms with van der Waals surface area (Å²) in [6.45, 7) is 8.28. The van der Waals surface area contributed by atoms with Gasteiger partial charge in [-0.1, -0.05) is 36.4 Å². The maximum absolute atomic E-state index is 12.4. The van der Waals surface area contributed by atoms with E-state index in [0.29, 0.717) is 10.9 Å². The Bertz CT molecular complexity index is 1050. The lowest BCUT2D eigenvalue weighted by molar-refractivity contribution is -0.192. The number of rotatable bonds is 7. The van der Waals surface area contributed by atoms with Crippen molar-refractivity contribution in [2.24, 2.45) is 0 Å². The molecular weight excluding hydrogens is 469 g/mol. The number of sulfonamides is 1. The average molecular weight is 501 g/mol. The molecule has 0 unspecified atom stereocenters. The molecule has 0 aromatic heterocycles. The molecule has 0 radical (unpaired) electrons. The van der Waals surface area contributed by atoms with Gasteiger partial charge in [-0.3, -0.25) is 0 Å². The van der Waals surface area contributed by atoms with E-state index < -0.39 is 22.2 Å². The largest absolute Gasteiger partial charge is 0.490 e. The van der Waals surface area contributed by atoms with Gasteiger partial charge in [-0.05, 0) is 75.4 Å². The fraction of sp³-hybridized carbons (Fsp3) is 0.458. The summed E-state index contributed by atoms with van der Waals surface area (Å²) in [5, 5.41) is 7.12. The number of nitrogens with zero attached hydrogens (tertiary/aromatic N) is 1. The number of nitrogens with one attached hydrogen (secondary N) is 1. The van der Waals surface area contributed by atoms with E-state index in [4.69, 9.17) is 9.90 Å². The molecule has 0 saturated carbocycles. The van der Waals surface area contributed by atoms with Crippen LogP contribution in [0.2, 0.25) is 0 Å². The Labute approximate surface area is 198 Å². The normalized spacial score (nSPS) is 16.9. The number of carboxylic acid groups (broad SMARTS) is 1. The van der Waals surface area contributed by atoms with E-state index >= 15 is 0 Å². The molecule has 2 aromatic rings. The van der Waals surface area contributed by atoms with E-state index in [9.17, 15) is 21.6 Å². The standard InChI is InChI=1S/C22H30N2O2S.C2HF3O2/c1-17(2)23-27(25,26)22-8-4-7-21(16-22)20-11-9-19(10-12-20)13-15-24-14-5-6-18(24)3;3-2(4,5)1(6)7/h4,7-12,16-18,23H,5-6,13-15H2,1-3H3;(H,6,7)/t18-;/m1./s1. The minimum atomic E-state index is -5.08. The smallest absolute Gasteiger partial charge is 0.475 e. The summed E-state index contributed by atoms with van der Waals surface area (Å²) in [4.78, 5) is 11.8. The summed E-state index contributed by atoms with van der Waals surface area (Å²) < 4.78 is 59.2. The molecule has 0 aliphatic carbocycles. The van der Waals surface area contributed by atoms with Crippen LogP contribution < -0.4 is 4.72 Å². The lowest BCUT2D eigenvalue weighted by Gasteiger charge is -2.20. The fourth-order valence-corrected chi connectivity index (χ4v) is 4.98. The van der Waals surface area contributed by atoms with Crippen LogP contribution in [0.15, 0.2) is 53.4 Å². The molecule has 0 bridgehead atoms. The number of hydrogen-bond donors (Lipinski definition) is 2. The molecule has 1 atom stereocenters. The van der Waals surface area contributed by atoms with Crippen LogP contribution in [0, 0.1) is 0 Å². The molecule has 1 aliphatic heterocycles. The molecule has 1 fully saturated rings. The van der Waals surface area contributed by atoms with E-state index in [0.717, 1.165) is 24.1 Å². The number of benzene rings is 2. The van der Waals surface area contributed by atoms with Gasteiger partial charge in [-0.2, -0.15) is 13.2 Å². The zero-order valence-electron chi connectivity index (χ0n) is 19.5. The van der Waals surface area contributed by atoms with Crippen molar-refractivity contribution in [2.45, 2.75) is 63.2 Å². The molecule has 1 aliphatic rings. The molecule has 34 heavy (non-hydrogen) atoms. The first kappa shape index (κ1) is 27.8. The van der Waals surface area contributed by atoms with Crippen molar-refractivity contribution in [1.29, 1.82) is 0 Å². The van der Waals surface area contributed by atoms with Crippen molar-refractivity contribution in [3.63, 3.8) is 0 Å². The first-order valence-corrected chi connectivity index (χ1v) is 12.5. The van der Waals surface area contributed by atoms with Crippen LogP contribution in [0.4, 0.5) is 13.2 Å². The van der Waals surface area contributed by atoms with Crippen molar-refractivity contribution in [2.75, 3.05) is 13.1 Å². The van der Waals surface area contributed by atoms with Crippen molar-refractivity contribution in [1.82, 2.24) is 9.62 Å². The third-order valence-corrected chi connectivity index (χ3v) is 7.10. The lowest BCUT2D eigenvalue weighted by atomic mass is 10.0. The van der Waals surface area contributed by atoms with E-state index in [1.165, 1.54) is 24.9 Å². The predicted octanol–water partition coefficient (Wildman–Crippen LogP) is 4.70. The van der Waals surface area contributed by atoms with Gasteiger partial charge in [0.05, 0.1) is 4.90 Å². The Morgan fingerprint density at radius 1 is 1.15 bits per heavy atom. The monoisotopic (exact) mass is 500 g/mol. The second-order valence-electron chi connectivity index (χ2n) is 8.58. The van der Waals surface area contributed by atoms with Crippen LogP contribution in [-0.2, 0) is 21.2 Å². The third-order valence-electron chi connectivity index (χ3n) is 5.44. The number of alkyl halides is 3. The highest BCUT2D eigenvalue weighted by Crippen LogP contribution is 2.24. The Balaban J connectivity index is 0.000000509. The minimum absolute atomic E-state index is 0.128. The van der Waals surface area contributed by atoms with Gasteiger partial charge in [-0.15, -0.1) is 0 Å². The lowest BCUT2D eigenvalue weighted by Crippen LogP contribution is -2.30. The summed E-state index contributed by atoms with van der Waals surface area (Å²) in [5.74, 6) is -2.76. The van der Waals surface area contributed by atoms with Gasteiger partial charge in [0, 0.05) is 18.6 Å². The first-order valence-electron chi connectivity index (χ1n) is 11.1. The first-order chi connectivity index (χ1) is 15.8. The van der Waals surface area contributed by atoms with E-state index in [1.54, 1.807) is 18.2 Å². The average Bonchev–Trinajstić information content (AvgIpc) is 3.16. The van der Waals surface area contributed by atoms with Gasteiger partial charge in [-0.25, -0.2) is 17.9 Å². The van der Waals surface area contributed by atoms with Crippen molar-refractivity contribution < 1.29 is 31.5 Å². The molecule has 6 nitrogen and oxygen atoms in total. The third kappa shape index (κ3) is 8.41. The summed E-state index contributed by atoms with van der Waals surface area (Å²) in [6.07, 6.45) is -1.41. The van der Waals surface area contributed by atoms with E-state index in [2.05, 4.69) is 40.8 Å². The quantitative estimate of drug-likeness (QED) is 0.576. The molecule has 2 aromatic carbocycles. The molecule has 188 valence electrons. The summed E-state index contributed by atoms with van der Waals surface area (Å²) in [6, 6.07) is 16.2. The van der Waals surface area contributed by atoms with Gasteiger partial charge < -0.3 is 10.0 Å². The summed E-state index contributed by atoms with van der Waals surface area (Å²) in [7, 11) is -3.48.